The van der Waals surface area contributed by atoms with Gasteiger partial charge in [-0.05, 0) is 35.9 Å². The van der Waals surface area contributed by atoms with Gasteiger partial charge in [-0.15, -0.1) is 0 Å². The monoisotopic (exact) mass is 285 g/mol. The van der Waals surface area contributed by atoms with Crippen molar-refractivity contribution in [3.8, 4) is 0 Å². The highest BCUT2D eigenvalue weighted by Gasteiger charge is 2.28. The number of aliphatic imine (C=N–C) groups is 1. The van der Waals surface area contributed by atoms with Gasteiger partial charge in [0.25, 0.3) is 0 Å². The third-order valence-electron chi connectivity index (χ3n) is 3.55. The van der Waals surface area contributed by atoms with Crippen LogP contribution in [0.1, 0.15) is 19.4 Å². The second-order valence-electron chi connectivity index (χ2n) is 5.48. The average Bonchev–Trinajstić information content (AvgIpc) is 2.75. The van der Waals surface area contributed by atoms with Crippen LogP contribution >= 0.6 is 0 Å². The van der Waals surface area contributed by atoms with Gasteiger partial charge in [0.2, 0.25) is 9.84 Å². The minimum Gasteiger partial charge on any atom is -0.260 e. The molecule has 1 aliphatic heterocycles. The molecule has 20 heavy (non-hydrogen) atoms. The zero-order valence-corrected chi connectivity index (χ0v) is 12.2. The van der Waals surface area contributed by atoms with Crippen molar-refractivity contribution < 1.29 is 8.42 Å². The highest BCUT2D eigenvalue weighted by molar-refractivity contribution is 7.91. The molecule has 0 atom stereocenters. The molecule has 0 spiro atoms. The Bertz CT molecular complexity index is 790. The second-order valence-corrected chi connectivity index (χ2v) is 7.43. The van der Waals surface area contributed by atoms with Gasteiger partial charge in [0, 0.05) is 11.6 Å². The first kappa shape index (κ1) is 13.1. The number of nitrogens with zero attached hydrogens (tertiary/aromatic N) is 1. The summed E-state index contributed by atoms with van der Waals surface area (Å²) in [5.74, 6) is 0. The number of hydrogen-bond acceptors (Lipinski definition) is 3. The Balaban J connectivity index is 2.14. The zero-order valence-electron chi connectivity index (χ0n) is 11.4. The molecule has 0 amide bonds. The van der Waals surface area contributed by atoms with Crippen LogP contribution < -0.4 is 0 Å². The van der Waals surface area contributed by atoms with E-state index in [4.69, 9.17) is 0 Å². The Morgan fingerprint density at radius 2 is 1.65 bits per heavy atom. The predicted octanol–water partition coefficient (Wildman–Crippen LogP) is 3.51. The summed E-state index contributed by atoms with van der Waals surface area (Å²) < 4.78 is 25.2. The lowest BCUT2D eigenvalue weighted by Crippen LogP contribution is -2.15. The summed E-state index contributed by atoms with van der Waals surface area (Å²) in [7, 11) is -3.47. The Hall–Kier alpha value is -1.94. The van der Waals surface area contributed by atoms with Crippen LogP contribution in [-0.4, -0.2) is 14.6 Å². The molecule has 3 nitrogen and oxygen atoms in total. The van der Waals surface area contributed by atoms with Gasteiger partial charge in [0.05, 0.1) is 15.5 Å². The van der Waals surface area contributed by atoms with Crippen molar-refractivity contribution >= 4 is 21.7 Å². The molecule has 2 aromatic rings. The maximum Gasteiger partial charge on any atom is 0.206 e. The standard InChI is InChI=1S/C16H15NO2S/c1-16(2)11-17-15-9-8-13(10-14(15)16)20(18,19)12-6-4-3-5-7-12/h3-11H,1-2H3. The van der Waals surface area contributed by atoms with Gasteiger partial charge in [0.15, 0.2) is 0 Å². The lowest BCUT2D eigenvalue weighted by atomic mass is 9.87. The molecular formula is C16H15NO2S. The smallest absolute Gasteiger partial charge is 0.206 e. The summed E-state index contributed by atoms with van der Waals surface area (Å²) in [6.07, 6.45) is 1.86. The van der Waals surface area contributed by atoms with Crippen molar-refractivity contribution in [1.82, 2.24) is 0 Å². The largest absolute Gasteiger partial charge is 0.260 e. The maximum atomic E-state index is 12.6. The van der Waals surface area contributed by atoms with E-state index in [1.807, 2.05) is 20.1 Å². The Morgan fingerprint density at radius 3 is 2.35 bits per heavy atom. The molecule has 0 saturated carbocycles. The summed E-state index contributed by atoms with van der Waals surface area (Å²) in [6, 6.07) is 13.6. The molecule has 2 aromatic carbocycles. The van der Waals surface area contributed by atoms with E-state index < -0.39 is 9.84 Å². The maximum absolute atomic E-state index is 12.6. The molecule has 1 heterocycles. The van der Waals surface area contributed by atoms with E-state index in [2.05, 4.69) is 4.99 Å². The molecule has 0 unspecified atom stereocenters. The van der Waals surface area contributed by atoms with Crippen LogP contribution in [0, 0.1) is 0 Å². The van der Waals surface area contributed by atoms with Crippen LogP contribution in [0.25, 0.3) is 0 Å². The highest BCUT2D eigenvalue weighted by Crippen LogP contribution is 2.38. The Morgan fingerprint density at radius 1 is 0.950 bits per heavy atom. The number of hydrogen-bond donors (Lipinski definition) is 0. The topological polar surface area (TPSA) is 46.5 Å². The molecule has 0 aromatic heterocycles. The molecule has 0 bridgehead atoms. The van der Waals surface area contributed by atoms with Crippen LogP contribution in [0.15, 0.2) is 63.3 Å². The van der Waals surface area contributed by atoms with Gasteiger partial charge in [-0.2, -0.15) is 0 Å². The first-order valence-electron chi connectivity index (χ1n) is 6.41. The van der Waals surface area contributed by atoms with Gasteiger partial charge in [-0.25, -0.2) is 8.42 Å². The van der Waals surface area contributed by atoms with E-state index in [1.165, 1.54) is 0 Å². The predicted molar refractivity (Wildman–Crippen MR) is 79.5 cm³/mol. The van der Waals surface area contributed by atoms with Gasteiger partial charge < -0.3 is 0 Å². The Kier molecular flexibility index (Phi) is 2.80. The lowest BCUT2D eigenvalue weighted by Gasteiger charge is -2.16. The summed E-state index contributed by atoms with van der Waals surface area (Å²) in [6.45, 7) is 4.06. The van der Waals surface area contributed by atoms with Crippen LogP contribution in [0.5, 0.6) is 0 Å². The molecule has 3 rings (SSSR count). The normalized spacial score (nSPS) is 16.1. The molecule has 1 aliphatic rings. The van der Waals surface area contributed by atoms with E-state index in [1.54, 1.807) is 48.5 Å². The van der Waals surface area contributed by atoms with Gasteiger partial charge in [0.1, 0.15) is 0 Å². The second kappa shape index (κ2) is 4.28. The number of rotatable bonds is 2. The van der Waals surface area contributed by atoms with Gasteiger partial charge in [-0.1, -0.05) is 32.0 Å². The van der Waals surface area contributed by atoms with E-state index in [9.17, 15) is 8.42 Å². The summed E-state index contributed by atoms with van der Waals surface area (Å²) in [5, 5.41) is 0. The van der Waals surface area contributed by atoms with E-state index >= 15 is 0 Å². The van der Waals surface area contributed by atoms with Crippen molar-refractivity contribution in [1.29, 1.82) is 0 Å². The SMILES string of the molecule is CC1(C)C=Nc2ccc(S(=O)(=O)c3ccccc3)cc21. The van der Waals surface area contributed by atoms with Crippen LogP contribution in [0.4, 0.5) is 5.69 Å². The van der Waals surface area contributed by atoms with Crippen LogP contribution in [0.2, 0.25) is 0 Å². The summed E-state index contributed by atoms with van der Waals surface area (Å²) in [5.41, 5.74) is 1.58. The number of benzene rings is 2. The summed E-state index contributed by atoms with van der Waals surface area (Å²) in [4.78, 5) is 4.96. The molecule has 0 fully saturated rings. The highest BCUT2D eigenvalue weighted by atomic mass is 32.2. The van der Waals surface area contributed by atoms with Gasteiger partial charge in [-0.3, -0.25) is 4.99 Å². The van der Waals surface area contributed by atoms with Crippen LogP contribution in [0.3, 0.4) is 0 Å². The summed E-state index contributed by atoms with van der Waals surface area (Å²) >= 11 is 0. The third kappa shape index (κ3) is 1.96. The van der Waals surface area contributed by atoms with Crippen LogP contribution in [-0.2, 0) is 15.3 Å². The third-order valence-corrected chi connectivity index (χ3v) is 5.32. The fourth-order valence-corrected chi connectivity index (χ4v) is 3.65. The van der Waals surface area contributed by atoms with E-state index in [0.29, 0.717) is 9.79 Å². The van der Waals surface area contributed by atoms with Gasteiger partial charge >= 0.3 is 0 Å². The Labute approximate surface area is 118 Å². The number of sulfone groups is 1. The van der Waals surface area contributed by atoms with Crippen molar-refractivity contribution in [3.05, 3.63) is 54.1 Å². The van der Waals surface area contributed by atoms with Crippen molar-refractivity contribution in [2.24, 2.45) is 4.99 Å². The minimum atomic E-state index is -3.47. The first-order valence-corrected chi connectivity index (χ1v) is 7.89. The van der Waals surface area contributed by atoms with Crippen molar-refractivity contribution in [2.45, 2.75) is 29.1 Å². The average molecular weight is 285 g/mol. The molecular weight excluding hydrogens is 270 g/mol. The van der Waals surface area contributed by atoms with Crippen molar-refractivity contribution in [2.75, 3.05) is 0 Å². The van der Waals surface area contributed by atoms with E-state index in [0.717, 1.165) is 11.3 Å². The quantitative estimate of drug-likeness (QED) is 0.847. The minimum absolute atomic E-state index is 0.225. The lowest BCUT2D eigenvalue weighted by molar-refractivity contribution is 0.595. The van der Waals surface area contributed by atoms with Crippen molar-refractivity contribution in [3.63, 3.8) is 0 Å². The first-order chi connectivity index (χ1) is 9.41. The number of fused-ring (bicyclic) bond motifs is 1. The fourth-order valence-electron chi connectivity index (χ4n) is 2.35. The molecule has 0 N–H and O–H groups in total. The molecule has 4 heteroatoms. The molecule has 0 saturated heterocycles. The van der Waals surface area contributed by atoms with E-state index in [-0.39, 0.29) is 5.41 Å². The molecule has 102 valence electrons. The fraction of sp³-hybridized carbons (Fsp3) is 0.188. The zero-order chi connectivity index (χ0) is 14.4. The molecule has 0 radical (unpaired) electrons. The molecule has 0 aliphatic carbocycles.